The number of ether oxygens (including phenoxy) is 2. The lowest BCUT2D eigenvalue weighted by molar-refractivity contribution is -0.121. The molecule has 0 radical (unpaired) electrons. The number of aromatic hydroxyl groups is 1. The molecule has 5 nitrogen and oxygen atoms in total. The molecule has 0 aliphatic carbocycles. The smallest absolute Gasteiger partial charge is 0.220 e. The zero-order valence-corrected chi connectivity index (χ0v) is 18.0. The summed E-state index contributed by atoms with van der Waals surface area (Å²) in [5, 5.41) is 12.3. The minimum Gasteiger partial charge on any atom is -0.508 e. The molecule has 29 heavy (non-hydrogen) atoms. The van der Waals surface area contributed by atoms with Crippen molar-refractivity contribution in [2.75, 3.05) is 13.2 Å². The molecule has 1 saturated heterocycles. The van der Waals surface area contributed by atoms with E-state index in [2.05, 4.69) is 17.4 Å². The van der Waals surface area contributed by atoms with E-state index in [0.29, 0.717) is 25.1 Å². The van der Waals surface area contributed by atoms with Crippen LogP contribution < -0.4 is 10.1 Å². The van der Waals surface area contributed by atoms with E-state index in [0.717, 1.165) is 41.9 Å². The van der Waals surface area contributed by atoms with Gasteiger partial charge in [0.15, 0.2) is 0 Å². The Labute approximate surface area is 174 Å². The molecule has 1 atom stereocenters. The summed E-state index contributed by atoms with van der Waals surface area (Å²) in [4.78, 5) is 12.1. The lowest BCUT2D eigenvalue weighted by atomic mass is 10.0. The molecule has 158 valence electrons. The van der Waals surface area contributed by atoms with E-state index in [1.54, 1.807) is 24.3 Å². The third-order valence-electron chi connectivity index (χ3n) is 4.77. The fourth-order valence-corrected chi connectivity index (χ4v) is 3.36. The number of rotatable bonds is 7. The van der Waals surface area contributed by atoms with Crippen LogP contribution in [0, 0.1) is 13.8 Å². The standard InChI is InChI=1S/C22H27NO4.C2H6/c1-15-12-17(5-10-21(25)23-14-20-4-3-11-26-20)13-16(2)22(15)27-19-8-6-18(24)7-9-19;1-2/h6-9,12-13,20,24H,3-5,10-11,14H2,1-2H3,(H,23,25);1-2H3. The van der Waals surface area contributed by atoms with Crippen LogP contribution in [-0.2, 0) is 16.0 Å². The van der Waals surface area contributed by atoms with Gasteiger partial charge in [-0.2, -0.15) is 0 Å². The average molecular weight is 400 g/mol. The summed E-state index contributed by atoms with van der Waals surface area (Å²) >= 11 is 0. The summed E-state index contributed by atoms with van der Waals surface area (Å²) < 4.78 is 11.5. The van der Waals surface area contributed by atoms with Gasteiger partial charge < -0.3 is 19.9 Å². The van der Waals surface area contributed by atoms with Crippen LogP contribution in [0.1, 0.15) is 49.8 Å². The molecule has 5 heteroatoms. The van der Waals surface area contributed by atoms with Crippen molar-refractivity contribution >= 4 is 5.91 Å². The number of aryl methyl sites for hydroxylation is 3. The largest absolute Gasteiger partial charge is 0.508 e. The molecule has 1 aliphatic rings. The Kier molecular flexibility index (Phi) is 9.00. The van der Waals surface area contributed by atoms with Crippen molar-refractivity contribution in [2.24, 2.45) is 0 Å². The Balaban J connectivity index is 0.00000145. The number of phenols is 1. The number of amides is 1. The molecule has 2 aromatic carbocycles. The highest BCUT2D eigenvalue weighted by Gasteiger charge is 2.16. The third kappa shape index (κ3) is 7.09. The maximum Gasteiger partial charge on any atom is 0.220 e. The Bertz CT molecular complexity index is 757. The average Bonchev–Trinajstić information content (AvgIpc) is 3.24. The Morgan fingerprint density at radius 2 is 1.83 bits per heavy atom. The lowest BCUT2D eigenvalue weighted by Gasteiger charge is -2.14. The summed E-state index contributed by atoms with van der Waals surface area (Å²) in [7, 11) is 0. The van der Waals surface area contributed by atoms with Crippen molar-refractivity contribution < 1.29 is 19.4 Å². The first-order valence-corrected chi connectivity index (χ1v) is 10.5. The zero-order chi connectivity index (χ0) is 21.2. The summed E-state index contributed by atoms with van der Waals surface area (Å²) in [6.45, 7) is 9.42. The zero-order valence-electron chi connectivity index (χ0n) is 18.0. The van der Waals surface area contributed by atoms with Crippen molar-refractivity contribution in [1.82, 2.24) is 5.32 Å². The SMILES string of the molecule is CC.Cc1cc(CCC(=O)NCC2CCCO2)cc(C)c1Oc1ccc(O)cc1. The molecule has 0 spiro atoms. The molecule has 2 aromatic rings. The van der Waals surface area contributed by atoms with Gasteiger partial charge in [0.25, 0.3) is 0 Å². The maximum absolute atomic E-state index is 12.1. The Morgan fingerprint density at radius 3 is 2.41 bits per heavy atom. The number of nitrogens with one attached hydrogen (secondary N) is 1. The molecule has 3 rings (SSSR count). The molecule has 0 aromatic heterocycles. The van der Waals surface area contributed by atoms with Crippen LogP contribution in [-0.4, -0.2) is 30.3 Å². The fraction of sp³-hybridized carbons (Fsp3) is 0.458. The fourth-order valence-electron chi connectivity index (χ4n) is 3.36. The van der Waals surface area contributed by atoms with Crippen molar-refractivity contribution in [3.05, 3.63) is 53.1 Å². The molecular formula is C24H33NO4. The highest BCUT2D eigenvalue weighted by molar-refractivity contribution is 5.76. The predicted molar refractivity (Wildman–Crippen MR) is 116 cm³/mol. The monoisotopic (exact) mass is 399 g/mol. The van der Waals surface area contributed by atoms with E-state index in [9.17, 15) is 9.90 Å². The summed E-state index contributed by atoms with van der Waals surface area (Å²) in [6, 6.07) is 10.8. The number of carbonyl (C=O) groups is 1. The van der Waals surface area contributed by atoms with Gasteiger partial charge in [0.05, 0.1) is 6.10 Å². The highest BCUT2D eigenvalue weighted by atomic mass is 16.5. The van der Waals surface area contributed by atoms with Crippen molar-refractivity contribution in [1.29, 1.82) is 0 Å². The van der Waals surface area contributed by atoms with Crippen molar-refractivity contribution in [3.8, 4) is 17.2 Å². The second-order valence-electron chi connectivity index (χ2n) is 7.09. The van der Waals surface area contributed by atoms with Gasteiger partial charge in [0.2, 0.25) is 5.91 Å². The predicted octanol–water partition coefficient (Wildman–Crippen LogP) is 5.06. The van der Waals surface area contributed by atoms with Crippen LogP contribution in [0.25, 0.3) is 0 Å². The van der Waals surface area contributed by atoms with Gasteiger partial charge in [-0.05, 0) is 74.1 Å². The van der Waals surface area contributed by atoms with E-state index in [4.69, 9.17) is 9.47 Å². The van der Waals surface area contributed by atoms with Crippen LogP contribution in [0.15, 0.2) is 36.4 Å². The molecule has 1 unspecified atom stereocenters. The van der Waals surface area contributed by atoms with Crippen LogP contribution in [0.4, 0.5) is 0 Å². The van der Waals surface area contributed by atoms with Crippen LogP contribution >= 0.6 is 0 Å². The van der Waals surface area contributed by atoms with Crippen molar-refractivity contribution in [3.63, 3.8) is 0 Å². The van der Waals surface area contributed by atoms with E-state index in [1.165, 1.54) is 0 Å². The normalized spacial score (nSPS) is 15.4. The number of benzene rings is 2. The van der Waals surface area contributed by atoms with E-state index < -0.39 is 0 Å². The van der Waals surface area contributed by atoms with Crippen molar-refractivity contribution in [2.45, 2.75) is 59.5 Å². The molecule has 0 bridgehead atoms. The topological polar surface area (TPSA) is 67.8 Å². The number of hydrogen-bond acceptors (Lipinski definition) is 4. The molecule has 1 amide bonds. The van der Waals surface area contributed by atoms with E-state index in [1.807, 2.05) is 27.7 Å². The lowest BCUT2D eigenvalue weighted by Crippen LogP contribution is -2.31. The minimum atomic E-state index is 0.0604. The Hall–Kier alpha value is -2.53. The summed E-state index contributed by atoms with van der Waals surface area (Å²) in [5.74, 6) is 1.77. The van der Waals surface area contributed by atoms with Gasteiger partial charge in [-0.15, -0.1) is 0 Å². The first-order valence-electron chi connectivity index (χ1n) is 10.5. The third-order valence-corrected chi connectivity index (χ3v) is 4.77. The molecule has 2 N–H and O–H groups in total. The second kappa shape index (κ2) is 11.5. The van der Waals surface area contributed by atoms with Gasteiger partial charge in [-0.1, -0.05) is 26.0 Å². The minimum absolute atomic E-state index is 0.0604. The van der Waals surface area contributed by atoms with Gasteiger partial charge in [0, 0.05) is 19.6 Å². The van der Waals surface area contributed by atoms with Gasteiger partial charge >= 0.3 is 0 Å². The van der Waals surface area contributed by atoms with Crippen LogP contribution in [0.3, 0.4) is 0 Å². The molecule has 0 saturated carbocycles. The summed E-state index contributed by atoms with van der Waals surface area (Å²) in [5.41, 5.74) is 3.17. The Morgan fingerprint density at radius 1 is 1.17 bits per heavy atom. The molecule has 1 heterocycles. The number of carbonyl (C=O) groups excluding carboxylic acids is 1. The number of phenolic OH excluding ortho intramolecular Hbond substituents is 1. The van der Waals surface area contributed by atoms with E-state index in [-0.39, 0.29) is 17.8 Å². The highest BCUT2D eigenvalue weighted by Crippen LogP contribution is 2.31. The van der Waals surface area contributed by atoms with Gasteiger partial charge in [-0.25, -0.2) is 0 Å². The summed E-state index contributed by atoms with van der Waals surface area (Å²) in [6.07, 6.45) is 3.44. The first-order chi connectivity index (χ1) is 14.0. The molecule has 1 aliphatic heterocycles. The van der Waals surface area contributed by atoms with Crippen LogP contribution in [0.2, 0.25) is 0 Å². The van der Waals surface area contributed by atoms with E-state index >= 15 is 0 Å². The van der Waals surface area contributed by atoms with Crippen LogP contribution in [0.5, 0.6) is 17.2 Å². The first kappa shape index (κ1) is 22.8. The van der Waals surface area contributed by atoms with Gasteiger partial charge in [0.1, 0.15) is 17.2 Å². The quantitative estimate of drug-likeness (QED) is 0.683. The second-order valence-corrected chi connectivity index (χ2v) is 7.09. The van der Waals surface area contributed by atoms with Gasteiger partial charge in [-0.3, -0.25) is 4.79 Å². The number of hydrogen-bond donors (Lipinski definition) is 2. The molecule has 1 fully saturated rings. The maximum atomic E-state index is 12.1. The molecular weight excluding hydrogens is 366 g/mol.